The lowest BCUT2D eigenvalue weighted by atomic mass is 10.2. The quantitative estimate of drug-likeness (QED) is 0.528. The zero-order valence-corrected chi connectivity index (χ0v) is 15.2. The summed E-state index contributed by atoms with van der Waals surface area (Å²) in [5.74, 6) is -1.40. The van der Waals surface area contributed by atoms with E-state index in [-0.39, 0.29) is 11.5 Å². The minimum atomic E-state index is -0.663. The highest BCUT2D eigenvalue weighted by molar-refractivity contribution is 7.17. The number of hydrazine groups is 1. The van der Waals surface area contributed by atoms with Crippen molar-refractivity contribution in [3.05, 3.63) is 68.8 Å². The molecule has 0 unspecified atom stereocenters. The second-order valence-corrected chi connectivity index (χ2v) is 6.60. The maximum atomic E-state index is 12.4. The van der Waals surface area contributed by atoms with Crippen LogP contribution >= 0.6 is 11.3 Å². The summed E-state index contributed by atoms with van der Waals surface area (Å²) >= 11 is 1.21. The van der Waals surface area contributed by atoms with Crippen molar-refractivity contribution in [3.8, 4) is 10.6 Å². The number of hydrogen-bond donors (Lipinski definition) is 2. The summed E-state index contributed by atoms with van der Waals surface area (Å²) in [5.41, 5.74) is 6.06. The molecule has 3 aromatic rings. The summed E-state index contributed by atoms with van der Waals surface area (Å²) in [6, 6.07) is 12.0. The van der Waals surface area contributed by atoms with Crippen LogP contribution in [0.1, 0.15) is 25.9 Å². The number of aromatic nitrogens is 2. The number of carbonyl (C=O) groups excluding carboxylic acids is 2. The largest absolute Gasteiger partial charge is 0.358 e. The summed E-state index contributed by atoms with van der Waals surface area (Å²) in [5, 5.41) is 11.5. The third-order valence-corrected chi connectivity index (χ3v) is 5.03. The van der Waals surface area contributed by atoms with Crippen molar-refractivity contribution in [1.29, 1.82) is 0 Å². The molecule has 9 nitrogen and oxygen atoms in total. The van der Waals surface area contributed by atoms with Crippen molar-refractivity contribution in [2.45, 2.75) is 6.92 Å². The Labute approximate surface area is 157 Å². The number of rotatable bonds is 4. The molecule has 0 saturated carbocycles. The number of aryl methyl sites for hydroxylation is 1. The van der Waals surface area contributed by atoms with E-state index in [9.17, 15) is 19.7 Å². The van der Waals surface area contributed by atoms with Crippen LogP contribution in [0.4, 0.5) is 5.82 Å². The maximum Gasteiger partial charge on any atom is 0.323 e. The second kappa shape index (κ2) is 7.38. The van der Waals surface area contributed by atoms with Crippen LogP contribution < -0.4 is 10.9 Å². The van der Waals surface area contributed by atoms with Crippen LogP contribution in [0.2, 0.25) is 0 Å². The van der Waals surface area contributed by atoms with E-state index in [1.54, 1.807) is 6.92 Å². The normalized spacial score (nSPS) is 10.4. The molecule has 1 aromatic carbocycles. The van der Waals surface area contributed by atoms with E-state index in [0.29, 0.717) is 15.6 Å². The molecule has 2 heterocycles. The number of nitrogens with one attached hydrogen (secondary N) is 2. The average molecular weight is 385 g/mol. The standard InChI is InChI=1S/C17H15N5O4S/c1-10-14(27-17(18-10)11-6-4-3-5-7-11)16(24)20-19-15(23)12-8-9-13(21(12)2)22(25)26/h3-9H,1-2H3,(H,19,23)(H,20,24). The van der Waals surface area contributed by atoms with Crippen LogP contribution in [0.3, 0.4) is 0 Å². The van der Waals surface area contributed by atoms with Crippen LogP contribution in [0.5, 0.6) is 0 Å². The number of nitrogens with zero attached hydrogens (tertiary/aromatic N) is 3. The van der Waals surface area contributed by atoms with Gasteiger partial charge in [0.2, 0.25) is 0 Å². The minimum Gasteiger partial charge on any atom is -0.358 e. The Morgan fingerprint density at radius 2 is 1.78 bits per heavy atom. The molecule has 0 spiro atoms. The van der Waals surface area contributed by atoms with E-state index >= 15 is 0 Å². The van der Waals surface area contributed by atoms with Gasteiger partial charge in [0.25, 0.3) is 5.91 Å². The Kier molecular flexibility index (Phi) is 4.99. The van der Waals surface area contributed by atoms with Crippen molar-refractivity contribution in [2.24, 2.45) is 7.05 Å². The first-order valence-electron chi connectivity index (χ1n) is 7.82. The van der Waals surface area contributed by atoms with E-state index < -0.39 is 16.7 Å². The molecule has 0 atom stereocenters. The monoisotopic (exact) mass is 385 g/mol. The van der Waals surface area contributed by atoms with Crippen molar-refractivity contribution >= 4 is 29.0 Å². The van der Waals surface area contributed by atoms with Crippen molar-refractivity contribution in [2.75, 3.05) is 0 Å². The molecule has 3 rings (SSSR count). The fraction of sp³-hybridized carbons (Fsp3) is 0.118. The first kappa shape index (κ1) is 18.3. The van der Waals surface area contributed by atoms with Crippen LogP contribution in [-0.2, 0) is 7.05 Å². The topological polar surface area (TPSA) is 119 Å². The highest BCUT2D eigenvalue weighted by Gasteiger charge is 2.22. The second-order valence-electron chi connectivity index (χ2n) is 5.60. The zero-order valence-electron chi connectivity index (χ0n) is 14.4. The van der Waals surface area contributed by atoms with Gasteiger partial charge in [-0.1, -0.05) is 30.3 Å². The van der Waals surface area contributed by atoms with Gasteiger partial charge in [-0.2, -0.15) is 0 Å². The highest BCUT2D eigenvalue weighted by atomic mass is 32.1. The Hall–Kier alpha value is -3.53. The number of thiazole rings is 1. The van der Waals surface area contributed by atoms with Gasteiger partial charge in [0.1, 0.15) is 9.88 Å². The lowest BCUT2D eigenvalue weighted by Gasteiger charge is -2.05. The summed E-state index contributed by atoms with van der Waals surface area (Å²) in [7, 11) is 1.40. The lowest BCUT2D eigenvalue weighted by molar-refractivity contribution is -0.391. The first-order valence-corrected chi connectivity index (χ1v) is 8.63. The SMILES string of the molecule is Cc1nc(-c2ccccc2)sc1C(=O)NNC(=O)c1ccc([N+](=O)[O-])n1C. The van der Waals surface area contributed by atoms with Crippen LogP contribution in [0, 0.1) is 17.0 Å². The molecule has 2 aromatic heterocycles. The minimum absolute atomic E-state index is 0.0491. The molecule has 0 aliphatic rings. The van der Waals surface area contributed by atoms with Crippen LogP contribution in [-0.4, -0.2) is 26.3 Å². The number of benzene rings is 1. The predicted molar refractivity (Wildman–Crippen MR) is 99.3 cm³/mol. The molecule has 0 bridgehead atoms. The molecule has 0 fully saturated rings. The fourth-order valence-electron chi connectivity index (χ4n) is 2.46. The summed E-state index contributed by atoms with van der Waals surface area (Å²) in [4.78, 5) is 39.5. The van der Waals surface area contributed by atoms with Gasteiger partial charge in [-0.05, 0) is 17.9 Å². The van der Waals surface area contributed by atoms with Gasteiger partial charge in [-0.3, -0.25) is 20.4 Å². The molecular formula is C17H15N5O4S. The molecule has 0 saturated heterocycles. The van der Waals surface area contributed by atoms with Crippen LogP contribution in [0.25, 0.3) is 10.6 Å². The maximum absolute atomic E-state index is 12.4. The Balaban J connectivity index is 1.70. The Morgan fingerprint density at radius 3 is 2.41 bits per heavy atom. The first-order chi connectivity index (χ1) is 12.9. The van der Waals surface area contributed by atoms with Gasteiger partial charge in [0.15, 0.2) is 5.69 Å². The number of amides is 2. The molecule has 138 valence electrons. The molecule has 2 amide bonds. The van der Waals surface area contributed by atoms with Crippen molar-refractivity contribution in [1.82, 2.24) is 20.4 Å². The van der Waals surface area contributed by atoms with Gasteiger partial charge < -0.3 is 10.1 Å². The summed E-state index contributed by atoms with van der Waals surface area (Å²) in [6.45, 7) is 1.71. The smallest absolute Gasteiger partial charge is 0.323 e. The lowest BCUT2D eigenvalue weighted by Crippen LogP contribution is -2.42. The number of nitro groups is 1. The molecular weight excluding hydrogens is 370 g/mol. The fourth-order valence-corrected chi connectivity index (χ4v) is 3.42. The van der Waals surface area contributed by atoms with Crippen molar-refractivity contribution < 1.29 is 14.5 Å². The molecule has 10 heteroatoms. The summed E-state index contributed by atoms with van der Waals surface area (Å²) < 4.78 is 1.13. The highest BCUT2D eigenvalue weighted by Crippen LogP contribution is 2.27. The number of hydrogen-bond acceptors (Lipinski definition) is 6. The molecule has 0 aliphatic carbocycles. The molecule has 27 heavy (non-hydrogen) atoms. The molecule has 2 N–H and O–H groups in total. The third-order valence-electron chi connectivity index (χ3n) is 3.83. The Morgan fingerprint density at radius 1 is 1.11 bits per heavy atom. The predicted octanol–water partition coefficient (Wildman–Crippen LogP) is 2.44. The van der Waals surface area contributed by atoms with Crippen molar-refractivity contribution in [3.63, 3.8) is 0 Å². The van der Waals surface area contributed by atoms with Gasteiger partial charge >= 0.3 is 11.7 Å². The van der Waals surface area contributed by atoms with E-state index in [2.05, 4.69) is 15.8 Å². The zero-order chi connectivity index (χ0) is 19.6. The van der Waals surface area contributed by atoms with Gasteiger partial charge in [0.05, 0.1) is 12.7 Å². The molecule has 0 aliphatic heterocycles. The van der Waals surface area contributed by atoms with E-state index in [1.165, 1.54) is 30.5 Å². The van der Waals surface area contributed by atoms with Gasteiger partial charge in [0, 0.05) is 11.6 Å². The van der Waals surface area contributed by atoms with Crippen LogP contribution in [0.15, 0.2) is 42.5 Å². The molecule has 0 radical (unpaired) electrons. The van der Waals surface area contributed by atoms with Gasteiger partial charge in [-0.25, -0.2) is 9.55 Å². The Bertz CT molecular complexity index is 1030. The van der Waals surface area contributed by atoms with E-state index in [4.69, 9.17) is 0 Å². The third kappa shape index (κ3) is 3.70. The van der Waals surface area contributed by atoms with E-state index in [0.717, 1.165) is 10.1 Å². The van der Waals surface area contributed by atoms with E-state index in [1.807, 2.05) is 30.3 Å². The average Bonchev–Trinajstić information content (AvgIpc) is 3.23. The van der Waals surface area contributed by atoms with Gasteiger partial charge in [-0.15, -0.1) is 11.3 Å². The number of carbonyl (C=O) groups is 2. The summed E-state index contributed by atoms with van der Waals surface area (Å²) in [6.07, 6.45) is 0.